The van der Waals surface area contributed by atoms with E-state index >= 15 is 0 Å². The fourth-order valence-corrected chi connectivity index (χ4v) is 6.16. The maximum Gasteiger partial charge on any atom is 0.297 e. The number of nitrogens with zero attached hydrogens (tertiary/aromatic N) is 5. The molecule has 0 saturated heterocycles. The Morgan fingerprint density at radius 3 is 2.23 bits per heavy atom. The van der Waals surface area contributed by atoms with Gasteiger partial charge >= 0.3 is 0 Å². The third-order valence-electron chi connectivity index (χ3n) is 7.63. The summed E-state index contributed by atoms with van der Waals surface area (Å²) in [4.78, 5) is 19.1. The quantitative estimate of drug-likeness (QED) is 0.233. The van der Waals surface area contributed by atoms with Gasteiger partial charge in [0.1, 0.15) is 5.82 Å². The second-order valence-corrected chi connectivity index (χ2v) is 10.9. The number of rotatable bonds is 5. The summed E-state index contributed by atoms with van der Waals surface area (Å²) in [5, 5.41) is 7.06. The fraction of sp³-hybridized carbons (Fsp3) is 0.219. The summed E-state index contributed by atoms with van der Waals surface area (Å²) in [6, 6.07) is 26.6. The molecule has 3 aromatic carbocycles. The smallest absolute Gasteiger partial charge is 0.283 e. The van der Waals surface area contributed by atoms with E-state index in [1.54, 1.807) is 16.8 Å². The van der Waals surface area contributed by atoms with Crippen molar-refractivity contribution in [3.05, 3.63) is 123 Å². The van der Waals surface area contributed by atoms with Gasteiger partial charge in [0, 0.05) is 23.7 Å². The molecule has 40 heavy (non-hydrogen) atoms. The largest absolute Gasteiger partial charge is 0.297 e. The summed E-state index contributed by atoms with van der Waals surface area (Å²) >= 11 is 1.42. The SMILES string of the molecule is Cc1c(N=c2scc(-c3ccc(F)cc3)n2N=C2CCC(c3ccccc3)CC2)c(=O)n(-c2ccccc2)n1C. The number of para-hydroxylation sites is 1. The van der Waals surface area contributed by atoms with Gasteiger partial charge in [0.05, 0.1) is 17.1 Å². The molecule has 1 saturated carbocycles. The molecule has 1 aliphatic rings. The lowest BCUT2D eigenvalue weighted by Gasteiger charge is -2.23. The topological polar surface area (TPSA) is 56.6 Å². The number of thiazole rings is 1. The minimum absolute atomic E-state index is 0.189. The van der Waals surface area contributed by atoms with E-state index in [0.717, 1.165) is 54.0 Å². The molecule has 0 bridgehead atoms. The Morgan fingerprint density at radius 1 is 0.900 bits per heavy atom. The Kier molecular flexibility index (Phi) is 7.17. The average Bonchev–Trinajstić information content (AvgIpc) is 3.47. The van der Waals surface area contributed by atoms with Gasteiger partial charge in [-0.25, -0.2) is 18.7 Å². The van der Waals surface area contributed by atoms with Crippen molar-refractivity contribution in [2.45, 2.75) is 38.5 Å². The van der Waals surface area contributed by atoms with Crippen molar-refractivity contribution in [3.63, 3.8) is 0 Å². The van der Waals surface area contributed by atoms with Crippen LogP contribution in [0.1, 0.15) is 42.9 Å². The molecular weight excluding hydrogens is 521 g/mol. The zero-order valence-electron chi connectivity index (χ0n) is 22.5. The van der Waals surface area contributed by atoms with Gasteiger partial charge in [0.25, 0.3) is 5.56 Å². The van der Waals surface area contributed by atoms with Crippen molar-refractivity contribution >= 4 is 22.7 Å². The van der Waals surface area contributed by atoms with Gasteiger partial charge in [0.15, 0.2) is 5.69 Å². The molecule has 1 fully saturated rings. The van der Waals surface area contributed by atoms with Gasteiger partial charge in [-0.15, -0.1) is 11.3 Å². The Labute approximate surface area is 236 Å². The van der Waals surface area contributed by atoms with E-state index in [0.29, 0.717) is 16.4 Å². The highest BCUT2D eigenvalue weighted by atomic mass is 32.1. The monoisotopic (exact) mass is 551 g/mol. The molecule has 0 unspecified atom stereocenters. The predicted molar refractivity (Wildman–Crippen MR) is 159 cm³/mol. The van der Waals surface area contributed by atoms with Crippen LogP contribution in [0.15, 0.2) is 105 Å². The molecule has 0 spiro atoms. The first-order valence-corrected chi connectivity index (χ1v) is 14.3. The van der Waals surface area contributed by atoms with Gasteiger partial charge in [-0.1, -0.05) is 48.5 Å². The highest BCUT2D eigenvalue weighted by Crippen LogP contribution is 2.32. The first-order valence-electron chi connectivity index (χ1n) is 13.5. The molecule has 5 aromatic rings. The van der Waals surface area contributed by atoms with Gasteiger partial charge in [-0.2, -0.15) is 5.10 Å². The molecule has 8 heteroatoms. The van der Waals surface area contributed by atoms with Gasteiger partial charge in [-0.05, 0) is 80.5 Å². The van der Waals surface area contributed by atoms with E-state index in [1.807, 2.05) is 59.0 Å². The van der Waals surface area contributed by atoms with Crippen LogP contribution in [0, 0.1) is 12.7 Å². The van der Waals surface area contributed by atoms with Crippen LogP contribution in [0.2, 0.25) is 0 Å². The highest BCUT2D eigenvalue weighted by Gasteiger charge is 2.21. The molecule has 0 atom stereocenters. The van der Waals surface area contributed by atoms with E-state index in [-0.39, 0.29) is 11.4 Å². The molecule has 1 aliphatic carbocycles. The number of hydrogen-bond acceptors (Lipinski definition) is 4. The first-order chi connectivity index (χ1) is 19.5. The second-order valence-electron chi connectivity index (χ2n) is 10.1. The number of hydrogen-bond donors (Lipinski definition) is 0. The van der Waals surface area contributed by atoms with Crippen LogP contribution in [-0.2, 0) is 7.05 Å². The van der Waals surface area contributed by atoms with Crippen LogP contribution in [0.25, 0.3) is 16.9 Å². The normalized spacial score (nSPS) is 15.9. The molecule has 2 heterocycles. The number of benzene rings is 3. The lowest BCUT2D eigenvalue weighted by molar-refractivity contribution is 0.562. The molecule has 202 valence electrons. The van der Waals surface area contributed by atoms with Crippen LogP contribution in [-0.4, -0.2) is 19.8 Å². The minimum atomic E-state index is -0.289. The van der Waals surface area contributed by atoms with Crippen LogP contribution < -0.4 is 10.4 Å². The first kappa shape index (κ1) is 26.0. The summed E-state index contributed by atoms with van der Waals surface area (Å²) < 4.78 is 19.0. The van der Waals surface area contributed by atoms with Crippen molar-refractivity contribution in [1.82, 2.24) is 14.0 Å². The molecular formula is C32H30FN5OS. The average molecular weight is 552 g/mol. The van der Waals surface area contributed by atoms with E-state index in [1.165, 1.54) is 29.0 Å². The maximum absolute atomic E-state index is 13.7. The van der Waals surface area contributed by atoms with E-state index in [4.69, 9.17) is 10.1 Å². The van der Waals surface area contributed by atoms with Crippen LogP contribution in [0.3, 0.4) is 0 Å². The third-order valence-corrected chi connectivity index (χ3v) is 8.45. The molecule has 0 N–H and O–H groups in total. The maximum atomic E-state index is 13.7. The molecule has 0 radical (unpaired) electrons. The Balaban J connectivity index is 1.43. The summed E-state index contributed by atoms with van der Waals surface area (Å²) in [5.41, 5.74) is 5.86. The van der Waals surface area contributed by atoms with Gasteiger partial charge in [-0.3, -0.25) is 9.48 Å². The van der Waals surface area contributed by atoms with E-state index < -0.39 is 0 Å². The van der Waals surface area contributed by atoms with Crippen LogP contribution >= 0.6 is 11.3 Å². The van der Waals surface area contributed by atoms with Crippen molar-refractivity contribution < 1.29 is 4.39 Å². The van der Waals surface area contributed by atoms with Gasteiger partial charge < -0.3 is 0 Å². The lowest BCUT2D eigenvalue weighted by atomic mass is 9.83. The van der Waals surface area contributed by atoms with Crippen molar-refractivity contribution in [1.29, 1.82) is 0 Å². The third kappa shape index (κ3) is 5.02. The Bertz CT molecular complexity index is 1780. The van der Waals surface area contributed by atoms with E-state index in [9.17, 15) is 9.18 Å². The van der Waals surface area contributed by atoms with Crippen molar-refractivity contribution in [2.75, 3.05) is 0 Å². The van der Waals surface area contributed by atoms with Crippen molar-refractivity contribution in [3.8, 4) is 16.9 Å². The summed E-state index contributed by atoms with van der Waals surface area (Å²) in [6.07, 6.45) is 3.84. The molecule has 2 aromatic heterocycles. The lowest BCUT2D eigenvalue weighted by Crippen LogP contribution is -2.20. The number of halogens is 1. The standard InChI is InChI=1S/C32H30FN5OS/c1-22-30(31(39)38(36(22)2)28-11-7-4-8-12-28)34-32-37(29(21-40-32)25-13-17-26(33)18-14-25)35-27-19-15-24(16-20-27)23-9-5-3-6-10-23/h3-14,17-18,21,24H,15-16,19-20H2,1-2H3. The molecule has 6 nitrogen and oxygen atoms in total. The van der Waals surface area contributed by atoms with Crippen molar-refractivity contribution in [2.24, 2.45) is 17.1 Å². The van der Waals surface area contributed by atoms with Crippen LogP contribution in [0.5, 0.6) is 0 Å². The van der Waals surface area contributed by atoms with Crippen LogP contribution in [0.4, 0.5) is 10.1 Å². The van der Waals surface area contributed by atoms with Gasteiger partial charge in [0.2, 0.25) is 4.80 Å². The number of aromatic nitrogens is 3. The zero-order chi connectivity index (χ0) is 27.6. The predicted octanol–water partition coefficient (Wildman–Crippen LogP) is 6.95. The second kappa shape index (κ2) is 11.1. The summed E-state index contributed by atoms with van der Waals surface area (Å²) in [6.45, 7) is 1.90. The minimum Gasteiger partial charge on any atom is -0.283 e. The summed E-state index contributed by atoms with van der Waals surface area (Å²) in [5.74, 6) is 0.235. The Hall–Kier alpha value is -4.30. The molecule has 0 amide bonds. The molecule has 0 aliphatic heterocycles. The Morgan fingerprint density at radius 2 is 1.55 bits per heavy atom. The fourth-order valence-electron chi connectivity index (χ4n) is 5.32. The highest BCUT2D eigenvalue weighted by molar-refractivity contribution is 7.07. The summed E-state index contributed by atoms with van der Waals surface area (Å²) in [7, 11) is 1.86. The zero-order valence-corrected chi connectivity index (χ0v) is 23.3. The van der Waals surface area contributed by atoms with E-state index in [2.05, 4.69) is 30.3 Å². The molecule has 6 rings (SSSR count).